The van der Waals surface area contributed by atoms with Crippen molar-refractivity contribution in [2.24, 2.45) is 5.92 Å². The molecule has 0 aliphatic rings. The fourth-order valence-corrected chi connectivity index (χ4v) is 4.34. The highest BCUT2D eigenvalue weighted by Crippen LogP contribution is 2.38. The Bertz CT molecular complexity index is 678. The minimum absolute atomic E-state index is 0.00640. The van der Waals surface area contributed by atoms with E-state index in [2.05, 4.69) is 40.4 Å². The summed E-state index contributed by atoms with van der Waals surface area (Å²) < 4.78 is 17.3. The molecular formula is C25H42O5Si. The zero-order chi connectivity index (χ0) is 23.7. The van der Waals surface area contributed by atoms with E-state index in [1.807, 2.05) is 37.3 Å². The molecule has 0 radical (unpaired) electrons. The summed E-state index contributed by atoms with van der Waals surface area (Å²) in [7, 11) is -0.330. The monoisotopic (exact) mass is 450 g/mol. The summed E-state index contributed by atoms with van der Waals surface area (Å²) in [6, 6.07) is 7.65. The number of carbonyl (C=O) groups excluding carboxylic acids is 1. The van der Waals surface area contributed by atoms with Crippen LogP contribution in [0.5, 0.6) is 5.75 Å². The van der Waals surface area contributed by atoms with Gasteiger partial charge in [-0.2, -0.15) is 0 Å². The predicted molar refractivity (Wildman–Crippen MR) is 129 cm³/mol. The fourth-order valence-electron chi connectivity index (χ4n) is 2.96. The number of ketones is 1. The number of Topliss-reactive ketones (excluding diaryl/α,β-unsaturated/α-hetero) is 1. The molecule has 0 aliphatic heterocycles. The minimum Gasteiger partial charge on any atom is -0.497 e. The molecule has 0 saturated carbocycles. The Balaban J connectivity index is 2.49. The van der Waals surface area contributed by atoms with Crippen LogP contribution in [0.25, 0.3) is 0 Å². The second-order valence-corrected chi connectivity index (χ2v) is 14.6. The number of aliphatic hydroxyl groups excluding tert-OH is 1. The second kappa shape index (κ2) is 12.5. The van der Waals surface area contributed by atoms with Gasteiger partial charge in [0, 0.05) is 12.3 Å². The van der Waals surface area contributed by atoms with Crippen molar-refractivity contribution in [1.29, 1.82) is 0 Å². The fraction of sp³-hybridized carbons (Fsp3) is 0.640. The third-order valence-electron chi connectivity index (χ3n) is 6.01. The van der Waals surface area contributed by atoms with Gasteiger partial charge < -0.3 is 19.0 Å². The normalized spacial score (nSPS) is 15.2. The first-order valence-corrected chi connectivity index (χ1v) is 14.0. The van der Waals surface area contributed by atoms with Crippen molar-refractivity contribution in [1.82, 2.24) is 0 Å². The number of hydrogen-bond donors (Lipinski definition) is 1. The topological polar surface area (TPSA) is 65.0 Å². The maximum absolute atomic E-state index is 12.6. The van der Waals surface area contributed by atoms with Crippen molar-refractivity contribution < 1.29 is 23.8 Å². The summed E-state index contributed by atoms with van der Waals surface area (Å²) in [6.45, 7) is 17.4. The number of aliphatic hydroxyl groups is 1. The Morgan fingerprint density at radius 2 is 1.84 bits per heavy atom. The summed E-state index contributed by atoms with van der Waals surface area (Å²) in [4.78, 5) is 12.6. The Labute approximate surface area is 189 Å². The summed E-state index contributed by atoms with van der Waals surface area (Å²) in [6.07, 6.45) is 2.18. The van der Waals surface area contributed by atoms with Gasteiger partial charge in [0.1, 0.15) is 11.5 Å². The molecule has 0 saturated heterocycles. The van der Waals surface area contributed by atoms with Gasteiger partial charge in [-0.1, -0.05) is 45.9 Å². The molecule has 1 aromatic carbocycles. The Morgan fingerprint density at radius 1 is 1.23 bits per heavy atom. The van der Waals surface area contributed by atoms with Gasteiger partial charge in [0.15, 0.2) is 8.32 Å². The first kappa shape index (κ1) is 27.6. The zero-order valence-electron chi connectivity index (χ0n) is 20.4. The number of ether oxygens (including phenoxy) is 2. The molecule has 0 spiro atoms. The van der Waals surface area contributed by atoms with E-state index in [4.69, 9.17) is 13.9 Å². The van der Waals surface area contributed by atoms with E-state index in [1.165, 1.54) is 0 Å². The van der Waals surface area contributed by atoms with Crippen LogP contribution in [0.1, 0.15) is 52.5 Å². The van der Waals surface area contributed by atoms with E-state index in [-0.39, 0.29) is 29.3 Å². The summed E-state index contributed by atoms with van der Waals surface area (Å²) in [5.74, 6) is 0.535. The van der Waals surface area contributed by atoms with Crippen LogP contribution in [0.2, 0.25) is 18.1 Å². The van der Waals surface area contributed by atoms with Crippen molar-refractivity contribution in [2.75, 3.05) is 13.7 Å². The van der Waals surface area contributed by atoms with Crippen LogP contribution in [-0.4, -0.2) is 45.1 Å². The number of rotatable bonds is 14. The highest BCUT2D eigenvalue weighted by molar-refractivity contribution is 6.74. The van der Waals surface area contributed by atoms with E-state index in [0.29, 0.717) is 26.1 Å². The number of methoxy groups -OCH3 is 1. The summed E-state index contributed by atoms with van der Waals surface area (Å²) in [5, 5.41) is 10.6. The maximum Gasteiger partial charge on any atom is 0.192 e. The average Bonchev–Trinajstić information content (AvgIpc) is 2.67. The zero-order valence-corrected chi connectivity index (χ0v) is 21.4. The van der Waals surface area contributed by atoms with Crippen LogP contribution in [-0.2, 0) is 20.6 Å². The predicted octanol–water partition coefficient (Wildman–Crippen LogP) is 5.52. The van der Waals surface area contributed by atoms with Crippen LogP contribution in [0.3, 0.4) is 0 Å². The first-order chi connectivity index (χ1) is 14.4. The molecule has 6 heteroatoms. The molecule has 31 heavy (non-hydrogen) atoms. The van der Waals surface area contributed by atoms with E-state index in [0.717, 1.165) is 11.3 Å². The quantitative estimate of drug-likeness (QED) is 0.298. The highest BCUT2D eigenvalue weighted by Gasteiger charge is 2.39. The lowest BCUT2D eigenvalue weighted by Crippen LogP contribution is -2.44. The van der Waals surface area contributed by atoms with Crippen LogP contribution < -0.4 is 4.74 Å². The van der Waals surface area contributed by atoms with Crippen molar-refractivity contribution >= 4 is 14.1 Å². The lowest BCUT2D eigenvalue weighted by Gasteiger charge is -2.39. The molecule has 176 valence electrons. The van der Waals surface area contributed by atoms with Crippen LogP contribution in [0.4, 0.5) is 0 Å². The first-order valence-electron chi connectivity index (χ1n) is 11.1. The molecule has 0 amide bonds. The Morgan fingerprint density at radius 3 is 2.35 bits per heavy atom. The van der Waals surface area contributed by atoms with E-state index < -0.39 is 14.4 Å². The third kappa shape index (κ3) is 9.68. The van der Waals surface area contributed by atoms with Crippen LogP contribution >= 0.6 is 0 Å². The highest BCUT2D eigenvalue weighted by atomic mass is 28.4. The van der Waals surface area contributed by atoms with Gasteiger partial charge in [0.25, 0.3) is 0 Å². The number of carbonyl (C=O) groups is 1. The molecule has 3 atom stereocenters. The SMILES string of the molecule is C=CC[C@@H](C[C@H](O)CC(=O)[C@@H](C)COCc1ccc(OC)cc1)O[Si](C)(C)C(C)(C)C. The summed E-state index contributed by atoms with van der Waals surface area (Å²) in [5.41, 5.74) is 1.02. The van der Waals surface area contributed by atoms with Crippen molar-refractivity contribution in [3.8, 4) is 5.75 Å². The van der Waals surface area contributed by atoms with Gasteiger partial charge >= 0.3 is 0 Å². The molecule has 5 nitrogen and oxygen atoms in total. The number of benzene rings is 1. The lowest BCUT2D eigenvalue weighted by atomic mass is 9.98. The third-order valence-corrected chi connectivity index (χ3v) is 10.5. The van der Waals surface area contributed by atoms with Crippen molar-refractivity contribution in [3.63, 3.8) is 0 Å². The minimum atomic E-state index is -1.96. The molecule has 0 aliphatic carbocycles. The molecular weight excluding hydrogens is 408 g/mol. The van der Waals surface area contributed by atoms with Crippen LogP contribution in [0, 0.1) is 5.92 Å². The van der Waals surface area contributed by atoms with Crippen molar-refractivity contribution in [2.45, 2.75) is 83.9 Å². The van der Waals surface area contributed by atoms with E-state index in [1.54, 1.807) is 7.11 Å². The maximum atomic E-state index is 12.6. The number of hydrogen-bond acceptors (Lipinski definition) is 5. The smallest absolute Gasteiger partial charge is 0.192 e. The van der Waals surface area contributed by atoms with Crippen molar-refractivity contribution in [3.05, 3.63) is 42.5 Å². The molecule has 1 N–H and O–H groups in total. The van der Waals surface area contributed by atoms with Gasteiger partial charge in [-0.3, -0.25) is 4.79 Å². The van der Waals surface area contributed by atoms with E-state index >= 15 is 0 Å². The lowest BCUT2D eigenvalue weighted by molar-refractivity contribution is -0.126. The molecule has 1 rings (SSSR count). The van der Waals surface area contributed by atoms with Gasteiger partial charge in [0.2, 0.25) is 0 Å². The van der Waals surface area contributed by atoms with Gasteiger partial charge in [-0.15, -0.1) is 6.58 Å². The molecule has 0 bridgehead atoms. The molecule has 0 fully saturated rings. The Kier molecular flexibility index (Phi) is 11.1. The van der Waals surface area contributed by atoms with Gasteiger partial charge in [-0.05, 0) is 48.7 Å². The van der Waals surface area contributed by atoms with Gasteiger partial charge in [-0.25, -0.2) is 0 Å². The van der Waals surface area contributed by atoms with Crippen LogP contribution in [0.15, 0.2) is 36.9 Å². The summed E-state index contributed by atoms with van der Waals surface area (Å²) >= 11 is 0. The largest absolute Gasteiger partial charge is 0.497 e. The standard InChI is InChI=1S/C25H42O5Si/c1-9-10-23(30-31(7,8)25(3,4)5)15-21(26)16-24(27)19(2)17-29-18-20-11-13-22(28-6)14-12-20/h9,11-14,19,21,23,26H,1,10,15-18H2,2-8H3/t19-,21-,23-/m0/s1. The second-order valence-electron chi connectivity index (χ2n) is 9.85. The Hall–Kier alpha value is -1.47. The van der Waals surface area contributed by atoms with E-state index in [9.17, 15) is 9.90 Å². The molecule has 0 aromatic heterocycles. The molecule has 0 heterocycles. The molecule has 1 aromatic rings. The van der Waals surface area contributed by atoms with Gasteiger partial charge in [0.05, 0.1) is 32.5 Å². The molecule has 0 unspecified atom stereocenters. The average molecular weight is 451 g/mol.